The number of aryl methyl sites for hydroxylation is 1. The highest BCUT2D eigenvalue weighted by Crippen LogP contribution is 2.36. The summed E-state index contributed by atoms with van der Waals surface area (Å²) < 4.78 is 44.8. The Balaban J connectivity index is 1.66. The molecular weight excluding hydrogens is 475 g/mol. The van der Waals surface area contributed by atoms with E-state index in [1.54, 1.807) is 31.2 Å². The fourth-order valence-electron chi connectivity index (χ4n) is 2.75. The fraction of sp³-hybridized carbons (Fsp3) is 0.136. The first-order valence-corrected chi connectivity index (χ1v) is 10.1. The third-order valence-electron chi connectivity index (χ3n) is 4.46. The minimum absolute atomic E-state index is 0.0893. The van der Waals surface area contributed by atoms with Gasteiger partial charge in [-0.2, -0.15) is 13.2 Å². The minimum Gasteiger partial charge on any atom is -0.457 e. The number of anilines is 2. The molecule has 0 saturated carbocycles. The van der Waals surface area contributed by atoms with Crippen LogP contribution in [0.2, 0.25) is 5.02 Å². The van der Waals surface area contributed by atoms with E-state index >= 15 is 0 Å². The normalized spacial score (nSPS) is 10.9. The maximum Gasteiger partial charge on any atom is 0.417 e. The quantitative estimate of drug-likeness (QED) is 0.346. The van der Waals surface area contributed by atoms with Crippen molar-refractivity contribution < 1.29 is 27.5 Å². The third-order valence-corrected chi connectivity index (χ3v) is 4.79. The maximum absolute atomic E-state index is 13.0. The average molecular weight is 494 g/mol. The Bertz CT molecular complexity index is 1220. The van der Waals surface area contributed by atoms with E-state index in [0.29, 0.717) is 17.2 Å². The van der Waals surface area contributed by atoms with E-state index in [-0.39, 0.29) is 17.3 Å². The number of halogens is 4. The van der Waals surface area contributed by atoms with E-state index in [9.17, 15) is 22.8 Å². The molecule has 8 nitrogen and oxygen atoms in total. The van der Waals surface area contributed by atoms with Crippen LogP contribution in [-0.4, -0.2) is 24.0 Å². The van der Waals surface area contributed by atoms with Crippen LogP contribution in [-0.2, 0) is 6.18 Å². The number of amides is 3. The molecule has 0 bridgehead atoms. The van der Waals surface area contributed by atoms with Gasteiger partial charge in [0.15, 0.2) is 0 Å². The molecular formula is C22H19ClF3N5O3. The predicted octanol–water partition coefficient (Wildman–Crippen LogP) is 5.36. The maximum atomic E-state index is 13.0. The zero-order chi connectivity index (χ0) is 24.9. The molecule has 3 aromatic rings. The molecule has 0 aliphatic heterocycles. The van der Waals surface area contributed by atoms with Crippen molar-refractivity contribution in [2.75, 3.05) is 17.8 Å². The summed E-state index contributed by atoms with van der Waals surface area (Å²) in [5, 5.41) is 4.30. The van der Waals surface area contributed by atoms with E-state index in [1.165, 1.54) is 25.4 Å². The highest BCUT2D eigenvalue weighted by Gasteiger charge is 2.33. The molecule has 0 saturated heterocycles. The molecule has 0 radical (unpaired) electrons. The summed E-state index contributed by atoms with van der Waals surface area (Å²) >= 11 is 5.58. The number of pyridine rings is 1. The Kier molecular flexibility index (Phi) is 7.47. The van der Waals surface area contributed by atoms with Gasteiger partial charge in [-0.15, -0.1) is 0 Å². The first-order valence-electron chi connectivity index (χ1n) is 9.73. The van der Waals surface area contributed by atoms with Crippen LogP contribution in [0.1, 0.15) is 21.6 Å². The lowest BCUT2D eigenvalue weighted by atomic mass is 10.2. The molecule has 178 valence electrons. The molecule has 2 aromatic carbocycles. The standard InChI is InChI=1S/C22H19ClF3N5O3/c1-12-3-4-14(10-19(12)34-15-7-8-28-18(11-15)20(32)27-2)30-31-21(33)29-13-5-6-17(23)16(9-13)22(24,25)26/h3-11,30H,1-2H3,(H,27,32)(H2,29,31,33). The number of aromatic nitrogens is 1. The molecule has 4 N–H and O–H groups in total. The van der Waals surface area contributed by atoms with Gasteiger partial charge in [-0.25, -0.2) is 4.79 Å². The molecule has 1 heterocycles. The summed E-state index contributed by atoms with van der Waals surface area (Å²) in [6.45, 7) is 1.80. The lowest BCUT2D eigenvalue weighted by Crippen LogP contribution is -2.33. The monoisotopic (exact) mass is 493 g/mol. The second-order valence-electron chi connectivity index (χ2n) is 6.93. The SMILES string of the molecule is CNC(=O)c1cc(Oc2cc(NNC(=O)Nc3ccc(Cl)c(C(F)(F)F)c3)ccc2C)ccn1. The number of hydrogen-bond acceptors (Lipinski definition) is 5. The van der Waals surface area contributed by atoms with Crippen LogP contribution in [0.4, 0.5) is 29.3 Å². The summed E-state index contributed by atoms with van der Waals surface area (Å²) in [4.78, 5) is 27.9. The zero-order valence-corrected chi connectivity index (χ0v) is 18.6. The number of rotatable bonds is 6. The summed E-state index contributed by atoms with van der Waals surface area (Å²) in [7, 11) is 1.49. The van der Waals surface area contributed by atoms with Crippen molar-refractivity contribution in [1.82, 2.24) is 15.7 Å². The number of ether oxygens (including phenoxy) is 1. The van der Waals surface area contributed by atoms with Gasteiger partial charge in [-0.1, -0.05) is 17.7 Å². The number of carbonyl (C=O) groups excluding carboxylic acids is 2. The van der Waals surface area contributed by atoms with Crippen LogP contribution in [0.15, 0.2) is 54.7 Å². The van der Waals surface area contributed by atoms with Gasteiger partial charge < -0.3 is 15.4 Å². The van der Waals surface area contributed by atoms with Gasteiger partial charge in [0.25, 0.3) is 5.91 Å². The summed E-state index contributed by atoms with van der Waals surface area (Å²) in [6.07, 6.45) is -3.22. The number of urea groups is 1. The van der Waals surface area contributed by atoms with Crippen LogP contribution in [0.25, 0.3) is 0 Å². The smallest absolute Gasteiger partial charge is 0.417 e. The summed E-state index contributed by atoms with van der Waals surface area (Å²) in [5.41, 5.74) is 5.22. The van der Waals surface area contributed by atoms with Crippen LogP contribution < -0.4 is 26.2 Å². The number of hydrogen-bond donors (Lipinski definition) is 4. The second-order valence-corrected chi connectivity index (χ2v) is 7.34. The molecule has 0 unspecified atom stereocenters. The topological polar surface area (TPSA) is 104 Å². The molecule has 0 fully saturated rings. The Labute approximate surface area is 197 Å². The van der Waals surface area contributed by atoms with Gasteiger partial charge in [-0.3, -0.25) is 20.6 Å². The number of carbonyl (C=O) groups is 2. The van der Waals surface area contributed by atoms with Gasteiger partial charge in [0.2, 0.25) is 0 Å². The predicted molar refractivity (Wildman–Crippen MR) is 121 cm³/mol. The van der Waals surface area contributed by atoms with Crippen molar-refractivity contribution in [3.63, 3.8) is 0 Å². The van der Waals surface area contributed by atoms with Crippen molar-refractivity contribution in [2.24, 2.45) is 0 Å². The van der Waals surface area contributed by atoms with E-state index in [2.05, 4.69) is 26.5 Å². The largest absolute Gasteiger partial charge is 0.457 e. The van der Waals surface area contributed by atoms with Gasteiger partial charge in [0.05, 0.1) is 16.3 Å². The molecule has 0 aliphatic carbocycles. The molecule has 12 heteroatoms. The van der Waals surface area contributed by atoms with Crippen LogP contribution in [0.3, 0.4) is 0 Å². The molecule has 0 atom stereocenters. The minimum atomic E-state index is -4.66. The Morgan fingerprint density at radius 1 is 1.03 bits per heavy atom. The first-order chi connectivity index (χ1) is 16.1. The molecule has 3 amide bonds. The Hall–Kier alpha value is -3.99. The number of alkyl halides is 3. The molecule has 0 aliphatic rings. The highest BCUT2D eigenvalue weighted by atomic mass is 35.5. The fourth-order valence-corrected chi connectivity index (χ4v) is 2.98. The van der Waals surface area contributed by atoms with E-state index < -0.39 is 22.8 Å². The van der Waals surface area contributed by atoms with Crippen molar-refractivity contribution in [1.29, 1.82) is 0 Å². The first kappa shape index (κ1) is 24.6. The van der Waals surface area contributed by atoms with Crippen LogP contribution in [0.5, 0.6) is 11.5 Å². The summed E-state index contributed by atoms with van der Waals surface area (Å²) in [6, 6.07) is 10.3. The Morgan fingerprint density at radius 2 is 1.76 bits per heavy atom. The van der Waals surface area contributed by atoms with Crippen LogP contribution in [0, 0.1) is 6.92 Å². The zero-order valence-electron chi connectivity index (χ0n) is 17.9. The van der Waals surface area contributed by atoms with E-state index in [1.807, 2.05) is 0 Å². The molecule has 1 aromatic heterocycles. The number of nitrogens with zero attached hydrogens (tertiary/aromatic N) is 1. The van der Waals surface area contributed by atoms with Gasteiger partial charge >= 0.3 is 12.2 Å². The van der Waals surface area contributed by atoms with Gasteiger partial charge in [-0.05, 0) is 42.8 Å². The molecule has 34 heavy (non-hydrogen) atoms. The highest BCUT2D eigenvalue weighted by molar-refractivity contribution is 6.31. The summed E-state index contributed by atoms with van der Waals surface area (Å²) in [5.74, 6) is 0.451. The van der Waals surface area contributed by atoms with Crippen molar-refractivity contribution >= 4 is 34.9 Å². The van der Waals surface area contributed by atoms with E-state index in [4.69, 9.17) is 16.3 Å². The lowest BCUT2D eigenvalue weighted by molar-refractivity contribution is -0.137. The van der Waals surface area contributed by atoms with Crippen molar-refractivity contribution in [3.05, 3.63) is 76.6 Å². The van der Waals surface area contributed by atoms with Crippen molar-refractivity contribution in [2.45, 2.75) is 13.1 Å². The third kappa shape index (κ3) is 6.29. The van der Waals surface area contributed by atoms with Gasteiger partial charge in [0, 0.05) is 31.1 Å². The number of hydrazine groups is 1. The molecule has 3 rings (SSSR count). The van der Waals surface area contributed by atoms with Crippen LogP contribution >= 0.6 is 11.6 Å². The lowest BCUT2D eigenvalue weighted by Gasteiger charge is -2.14. The molecule has 0 spiro atoms. The van der Waals surface area contributed by atoms with E-state index in [0.717, 1.165) is 17.7 Å². The second kappa shape index (κ2) is 10.3. The number of nitrogens with one attached hydrogen (secondary N) is 4. The number of benzene rings is 2. The van der Waals surface area contributed by atoms with Crippen molar-refractivity contribution in [3.8, 4) is 11.5 Å². The average Bonchev–Trinajstić information content (AvgIpc) is 2.79. The van der Waals surface area contributed by atoms with Gasteiger partial charge in [0.1, 0.15) is 17.2 Å². The Morgan fingerprint density at radius 3 is 2.47 bits per heavy atom.